The minimum atomic E-state index is -0.630. The maximum Gasteiger partial charge on any atom is 0.420 e. The number of hydrogen-bond acceptors (Lipinski definition) is 7. The first-order chi connectivity index (χ1) is 13.1. The number of carbonyl (C=O) groups is 1. The predicted octanol–water partition coefficient (Wildman–Crippen LogP) is 3.04. The summed E-state index contributed by atoms with van der Waals surface area (Å²) in [4.78, 5) is 23.9. The van der Waals surface area contributed by atoms with Crippen molar-refractivity contribution in [3.63, 3.8) is 0 Å². The van der Waals surface area contributed by atoms with Crippen molar-refractivity contribution in [2.45, 2.75) is 13.2 Å². The molecule has 0 saturated carbocycles. The highest BCUT2D eigenvalue weighted by Gasteiger charge is 2.15. The summed E-state index contributed by atoms with van der Waals surface area (Å²) in [5.41, 5.74) is 1.61. The zero-order chi connectivity index (χ0) is 18.8. The molecule has 9 heteroatoms. The van der Waals surface area contributed by atoms with Crippen LogP contribution in [0.25, 0.3) is 22.6 Å². The third-order valence-corrected chi connectivity index (χ3v) is 4.03. The smallest absolute Gasteiger partial charge is 0.420 e. The lowest BCUT2D eigenvalue weighted by Crippen LogP contribution is -2.21. The Morgan fingerprint density at radius 1 is 1.07 bits per heavy atom. The van der Waals surface area contributed by atoms with E-state index < -0.39 is 11.7 Å². The van der Waals surface area contributed by atoms with Gasteiger partial charge in [-0.25, -0.2) is 4.79 Å². The van der Waals surface area contributed by atoms with Gasteiger partial charge in [0, 0.05) is 10.6 Å². The monoisotopic (exact) mass is 385 g/mol. The number of rotatable bonds is 5. The average Bonchev–Trinajstić information content (AvgIpc) is 3.26. The van der Waals surface area contributed by atoms with Crippen LogP contribution < -0.4 is 5.76 Å². The van der Waals surface area contributed by atoms with E-state index in [9.17, 15) is 9.59 Å². The molecule has 0 unspecified atom stereocenters. The molecule has 0 bridgehead atoms. The van der Waals surface area contributed by atoms with Crippen LogP contribution in [0.15, 0.2) is 62.2 Å². The van der Waals surface area contributed by atoms with Gasteiger partial charge in [-0.15, -0.1) is 10.2 Å². The summed E-state index contributed by atoms with van der Waals surface area (Å²) in [6.07, 6.45) is 0. The van der Waals surface area contributed by atoms with Gasteiger partial charge in [-0.05, 0) is 36.4 Å². The molecule has 0 fully saturated rings. The van der Waals surface area contributed by atoms with E-state index in [-0.39, 0.29) is 24.9 Å². The Bertz CT molecular complexity index is 1160. The van der Waals surface area contributed by atoms with Crippen LogP contribution >= 0.6 is 11.6 Å². The van der Waals surface area contributed by atoms with E-state index in [1.54, 1.807) is 48.5 Å². The molecule has 0 radical (unpaired) electrons. The largest absolute Gasteiger partial charge is 0.454 e. The molecule has 0 atom stereocenters. The average molecular weight is 386 g/mol. The van der Waals surface area contributed by atoms with Crippen LogP contribution in [0.5, 0.6) is 0 Å². The molecule has 0 aliphatic rings. The first-order valence-corrected chi connectivity index (χ1v) is 8.30. The quantitative estimate of drug-likeness (QED) is 0.486. The molecule has 2 heterocycles. The van der Waals surface area contributed by atoms with Crippen molar-refractivity contribution in [2.75, 3.05) is 0 Å². The second kappa shape index (κ2) is 7.08. The minimum Gasteiger partial charge on any atom is -0.454 e. The van der Waals surface area contributed by atoms with Crippen molar-refractivity contribution >= 4 is 28.7 Å². The number of nitrogens with zero attached hydrogens (tertiary/aromatic N) is 3. The molecule has 0 aliphatic heterocycles. The van der Waals surface area contributed by atoms with Crippen LogP contribution in [0, 0.1) is 0 Å². The zero-order valence-corrected chi connectivity index (χ0v) is 14.5. The number of fused-ring (bicyclic) bond motifs is 1. The van der Waals surface area contributed by atoms with E-state index in [1.807, 2.05) is 0 Å². The molecule has 2 aromatic carbocycles. The fourth-order valence-corrected chi connectivity index (χ4v) is 2.63. The summed E-state index contributed by atoms with van der Waals surface area (Å²) in [6.45, 7) is -0.488. The number of esters is 1. The van der Waals surface area contributed by atoms with Crippen molar-refractivity contribution in [3.8, 4) is 11.5 Å². The van der Waals surface area contributed by atoms with E-state index >= 15 is 0 Å². The maximum absolute atomic E-state index is 12.1. The Morgan fingerprint density at radius 3 is 2.67 bits per heavy atom. The standard InChI is InChI=1S/C18H12ClN3O5/c19-12-7-5-11(6-8-12)17-21-20-15(27-17)10-25-16(23)9-22-13-3-1-2-4-14(13)26-18(22)24/h1-8H,9-10H2. The van der Waals surface area contributed by atoms with E-state index in [1.165, 1.54) is 4.57 Å². The molecule has 4 rings (SSSR count). The third-order valence-electron chi connectivity index (χ3n) is 3.78. The number of hydrogen-bond donors (Lipinski definition) is 0. The number of ether oxygens (including phenoxy) is 1. The Hall–Kier alpha value is -3.39. The topological polar surface area (TPSA) is 100 Å². The number of para-hydroxylation sites is 2. The summed E-state index contributed by atoms with van der Waals surface area (Å²) in [6, 6.07) is 13.7. The van der Waals surface area contributed by atoms with Gasteiger partial charge in [-0.1, -0.05) is 23.7 Å². The lowest BCUT2D eigenvalue weighted by Gasteiger charge is -2.02. The van der Waals surface area contributed by atoms with Crippen molar-refractivity contribution in [2.24, 2.45) is 0 Å². The second-order valence-corrected chi connectivity index (χ2v) is 6.03. The van der Waals surface area contributed by atoms with Gasteiger partial charge in [0.15, 0.2) is 12.2 Å². The lowest BCUT2D eigenvalue weighted by atomic mass is 10.2. The van der Waals surface area contributed by atoms with Crippen molar-refractivity contribution in [1.29, 1.82) is 0 Å². The number of carbonyl (C=O) groups excluding carboxylic acids is 1. The molecule has 0 spiro atoms. The van der Waals surface area contributed by atoms with Crippen LogP contribution in [0.2, 0.25) is 5.02 Å². The Morgan fingerprint density at radius 2 is 1.85 bits per heavy atom. The van der Waals surface area contributed by atoms with Crippen molar-refractivity contribution in [3.05, 3.63) is 70.0 Å². The maximum atomic E-state index is 12.1. The van der Waals surface area contributed by atoms with Crippen molar-refractivity contribution < 1.29 is 18.4 Å². The molecule has 2 aromatic heterocycles. The highest BCUT2D eigenvalue weighted by molar-refractivity contribution is 6.30. The predicted molar refractivity (Wildman–Crippen MR) is 95.0 cm³/mol. The van der Waals surface area contributed by atoms with Crippen LogP contribution in [-0.2, 0) is 22.7 Å². The highest BCUT2D eigenvalue weighted by Crippen LogP contribution is 2.20. The second-order valence-electron chi connectivity index (χ2n) is 5.59. The van der Waals surface area contributed by atoms with Gasteiger partial charge in [-0.3, -0.25) is 9.36 Å². The number of halogens is 1. The molecule has 4 aromatic rings. The highest BCUT2D eigenvalue weighted by atomic mass is 35.5. The molecule has 0 amide bonds. The fraction of sp³-hybridized carbons (Fsp3) is 0.111. The van der Waals surface area contributed by atoms with Crippen LogP contribution in [0.4, 0.5) is 0 Å². The summed E-state index contributed by atoms with van der Waals surface area (Å²) in [5, 5.41) is 8.33. The summed E-state index contributed by atoms with van der Waals surface area (Å²) < 4.78 is 16.8. The van der Waals surface area contributed by atoms with E-state index in [0.717, 1.165) is 0 Å². The third kappa shape index (κ3) is 3.61. The van der Waals surface area contributed by atoms with Gasteiger partial charge in [0.25, 0.3) is 5.89 Å². The lowest BCUT2D eigenvalue weighted by molar-refractivity contribution is -0.146. The van der Waals surface area contributed by atoms with E-state index in [4.69, 9.17) is 25.2 Å². The van der Waals surface area contributed by atoms with Crippen LogP contribution in [0.1, 0.15) is 5.89 Å². The summed E-state index contributed by atoms with van der Waals surface area (Å²) in [5.74, 6) is -0.835. The van der Waals surface area contributed by atoms with Crippen LogP contribution in [-0.4, -0.2) is 20.7 Å². The van der Waals surface area contributed by atoms with E-state index in [2.05, 4.69) is 10.2 Å². The molecule has 0 saturated heterocycles. The summed E-state index contributed by atoms with van der Waals surface area (Å²) >= 11 is 5.84. The van der Waals surface area contributed by atoms with Crippen molar-refractivity contribution in [1.82, 2.24) is 14.8 Å². The molecule has 0 aliphatic carbocycles. The molecule has 136 valence electrons. The molecule has 27 heavy (non-hydrogen) atoms. The first kappa shape index (κ1) is 17.0. The number of oxazole rings is 1. The molecular formula is C18H12ClN3O5. The van der Waals surface area contributed by atoms with E-state index in [0.29, 0.717) is 21.7 Å². The van der Waals surface area contributed by atoms with Crippen LogP contribution in [0.3, 0.4) is 0 Å². The number of aromatic nitrogens is 3. The Balaban J connectivity index is 1.41. The molecule has 8 nitrogen and oxygen atoms in total. The molecular weight excluding hydrogens is 374 g/mol. The minimum absolute atomic E-state index is 0.137. The SMILES string of the molecule is O=C(Cn1c(=O)oc2ccccc21)OCc1nnc(-c2ccc(Cl)cc2)o1. The first-order valence-electron chi connectivity index (χ1n) is 7.92. The Labute approximate surface area is 156 Å². The fourth-order valence-electron chi connectivity index (χ4n) is 2.50. The normalized spacial score (nSPS) is 11.0. The van der Waals surface area contributed by atoms with Gasteiger partial charge >= 0.3 is 11.7 Å². The van der Waals surface area contributed by atoms with Gasteiger partial charge in [0.1, 0.15) is 6.54 Å². The van der Waals surface area contributed by atoms with Gasteiger partial charge < -0.3 is 13.6 Å². The number of benzene rings is 2. The van der Waals surface area contributed by atoms with Gasteiger partial charge in [0.05, 0.1) is 5.52 Å². The van der Waals surface area contributed by atoms with Gasteiger partial charge in [-0.2, -0.15) is 0 Å². The zero-order valence-electron chi connectivity index (χ0n) is 13.8. The summed E-state index contributed by atoms with van der Waals surface area (Å²) in [7, 11) is 0. The van der Waals surface area contributed by atoms with Gasteiger partial charge in [0.2, 0.25) is 5.89 Å². The molecule has 0 N–H and O–H groups in total. The Kier molecular flexibility index (Phi) is 4.47.